The van der Waals surface area contributed by atoms with Crippen molar-refractivity contribution in [1.82, 2.24) is 4.90 Å². The second-order valence-corrected chi connectivity index (χ2v) is 6.32. The molecular weight excluding hydrogens is 263 g/mol. The molecule has 0 aromatic rings. The number of carboxylic acids is 1. The molecule has 100 valence electrons. The molecule has 17 heavy (non-hydrogen) atoms. The molecule has 0 saturated carbocycles. The van der Waals surface area contributed by atoms with Crippen LogP contribution in [0.4, 0.5) is 13.2 Å². The van der Waals surface area contributed by atoms with Crippen molar-refractivity contribution in [3.8, 4) is 0 Å². The number of sulfone groups is 1. The lowest BCUT2D eigenvalue weighted by Crippen LogP contribution is -2.64. The minimum Gasteiger partial charge on any atom is -0.480 e. The van der Waals surface area contributed by atoms with E-state index in [4.69, 9.17) is 5.11 Å². The Kier molecular flexibility index (Phi) is 3.45. The van der Waals surface area contributed by atoms with Gasteiger partial charge in [0, 0.05) is 13.1 Å². The van der Waals surface area contributed by atoms with E-state index in [-0.39, 0.29) is 0 Å². The van der Waals surface area contributed by atoms with Crippen molar-refractivity contribution in [2.45, 2.75) is 18.6 Å². The SMILES string of the molecule is CC(C(=O)O)(N1CCS(=O)(=O)CC1)C(F)(F)F. The highest BCUT2D eigenvalue weighted by Gasteiger charge is 2.61. The minimum atomic E-state index is -4.96. The normalized spacial score (nSPS) is 25.2. The Hall–Kier alpha value is -0.830. The van der Waals surface area contributed by atoms with Crippen LogP contribution in [-0.2, 0) is 14.6 Å². The van der Waals surface area contributed by atoms with E-state index < -0.39 is 52.1 Å². The summed E-state index contributed by atoms with van der Waals surface area (Å²) in [7, 11) is -3.35. The smallest absolute Gasteiger partial charge is 0.417 e. The van der Waals surface area contributed by atoms with E-state index in [1.165, 1.54) is 0 Å². The van der Waals surface area contributed by atoms with Gasteiger partial charge in [-0.1, -0.05) is 0 Å². The molecule has 0 aromatic carbocycles. The molecule has 1 rings (SSSR count). The largest absolute Gasteiger partial charge is 0.480 e. The molecule has 0 bridgehead atoms. The van der Waals surface area contributed by atoms with Crippen LogP contribution in [0.15, 0.2) is 0 Å². The average Bonchev–Trinajstić information content (AvgIpc) is 2.14. The Bertz CT molecular complexity index is 405. The highest BCUT2D eigenvalue weighted by Crippen LogP contribution is 2.36. The number of rotatable bonds is 2. The molecule has 5 nitrogen and oxygen atoms in total. The zero-order chi connectivity index (χ0) is 13.5. The molecule has 1 N–H and O–H groups in total. The van der Waals surface area contributed by atoms with Crippen LogP contribution in [0.3, 0.4) is 0 Å². The molecular formula is C8H12F3NO4S. The molecule has 1 aliphatic heterocycles. The molecule has 1 fully saturated rings. The first-order chi connectivity index (χ1) is 7.51. The average molecular weight is 275 g/mol. The third-order valence-electron chi connectivity index (χ3n) is 2.95. The van der Waals surface area contributed by atoms with Gasteiger partial charge < -0.3 is 5.11 Å². The van der Waals surface area contributed by atoms with Gasteiger partial charge in [-0.3, -0.25) is 4.90 Å². The molecule has 1 unspecified atom stereocenters. The van der Waals surface area contributed by atoms with Gasteiger partial charge >= 0.3 is 12.1 Å². The maximum Gasteiger partial charge on any atom is 0.417 e. The topological polar surface area (TPSA) is 74.7 Å². The fraction of sp³-hybridized carbons (Fsp3) is 0.875. The molecule has 9 heteroatoms. The highest BCUT2D eigenvalue weighted by atomic mass is 32.2. The van der Waals surface area contributed by atoms with Crippen LogP contribution < -0.4 is 0 Å². The number of alkyl halides is 3. The Morgan fingerprint density at radius 1 is 1.24 bits per heavy atom. The number of aliphatic carboxylic acids is 1. The maximum atomic E-state index is 12.8. The Balaban J connectivity index is 3.00. The van der Waals surface area contributed by atoms with Crippen molar-refractivity contribution in [2.24, 2.45) is 0 Å². The summed E-state index contributed by atoms with van der Waals surface area (Å²) in [6, 6.07) is 0. The first kappa shape index (κ1) is 14.2. The molecule has 0 aliphatic carbocycles. The lowest BCUT2D eigenvalue weighted by atomic mass is 9.99. The Morgan fingerprint density at radius 3 is 1.94 bits per heavy atom. The van der Waals surface area contributed by atoms with Crippen LogP contribution in [0, 0.1) is 0 Å². The predicted molar refractivity (Wildman–Crippen MR) is 52.3 cm³/mol. The Morgan fingerprint density at radius 2 is 1.65 bits per heavy atom. The van der Waals surface area contributed by atoms with E-state index in [0.717, 1.165) is 0 Å². The summed E-state index contributed by atoms with van der Waals surface area (Å²) in [5, 5.41) is 8.74. The van der Waals surface area contributed by atoms with Crippen molar-refractivity contribution in [1.29, 1.82) is 0 Å². The fourth-order valence-electron chi connectivity index (χ4n) is 1.60. The van der Waals surface area contributed by atoms with Crippen LogP contribution in [0.5, 0.6) is 0 Å². The summed E-state index contributed by atoms with van der Waals surface area (Å²) in [6.07, 6.45) is -4.96. The van der Waals surface area contributed by atoms with Crippen molar-refractivity contribution in [2.75, 3.05) is 24.6 Å². The molecule has 1 aliphatic rings. The molecule has 1 atom stereocenters. The van der Waals surface area contributed by atoms with Crippen molar-refractivity contribution >= 4 is 15.8 Å². The molecule has 0 radical (unpaired) electrons. The van der Waals surface area contributed by atoms with E-state index in [1.54, 1.807) is 0 Å². The second kappa shape index (κ2) is 4.13. The van der Waals surface area contributed by atoms with Gasteiger partial charge in [0.2, 0.25) is 5.54 Å². The molecule has 0 aromatic heterocycles. The van der Waals surface area contributed by atoms with Gasteiger partial charge in [-0.05, 0) is 6.92 Å². The predicted octanol–water partition coefficient (Wildman–Crippen LogP) is 0.122. The van der Waals surface area contributed by atoms with Gasteiger partial charge in [0.1, 0.15) is 0 Å². The van der Waals surface area contributed by atoms with Gasteiger partial charge in [-0.2, -0.15) is 13.2 Å². The first-order valence-corrected chi connectivity index (χ1v) is 6.58. The first-order valence-electron chi connectivity index (χ1n) is 4.76. The quantitative estimate of drug-likeness (QED) is 0.775. The third kappa shape index (κ3) is 2.54. The number of carboxylic acid groups (broad SMARTS) is 1. The number of carbonyl (C=O) groups is 1. The van der Waals surface area contributed by atoms with E-state index in [1.807, 2.05) is 0 Å². The lowest BCUT2D eigenvalue weighted by molar-refractivity contribution is -0.232. The van der Waals surface area contributed by atoms with Crippen LogP contribution >= 0.6 is 0 Å². The molecule has 1 heterocycles. The van der Waals surface area contributed by atoms with Gasteiger partial charge in [-0.15, -0.1) is 0 Å². The van der Waals surface area contributed by atoms with Crippen molar-refractivity contribution < 1.29 is 31.5 Å². The highest BCUT2D eigenvalue weighted by molar-refractivity contribution is 7.91. The monoisotopic (exact) mass is 275 g/mol. The number of hydrogen-bond acceptors (Lipinski definition) is 4. The summed E-state index contributed by atoms with van der Waals surface area (Å²) in [6.45, 7) is -0.303. The summed E-state index contributed by atoms with van der Waals surface area (Å²) < 4.78 is 60.5. The fourth-order valence-corrected chi connectivity index (χ4v) is 2.80. The standard InChI is InChI=1S/C8H12F3NO4S/c1-7(6(13)14,8(9,10)11)12-2-4-17(15,16)5-3-12/h2-5H2,1H3,(H,13,14). The van der Waals surface area contributed by atoms with Crippen LogP contribution in [0.1, 0.15) is 6.92 Å². The minimum absolute atomic E-state index is 0.426. The van der Waals surface area contributed by atoms with E-state index in [0.29, 0.717) is 11.8 Å². The summed E-state index contributed by atoms with van der Waals surface area (Å²) >= 11 is 0. The van der Waals surface area contributed by atoms with Crippen molar-refractivity contribution in [3.05, 3.63) is 0 Å². The Labute approximate surface area is 96.1 Å². The van der Waals surface area contributed by atoms with Crippen LogP contribution in [0.2, 0.25) is 0 Å². The van der Waals surface area contributed by atoms with Crippen LogP contribution in [-0.4, -0.2) is 60.7 Å². The van der Waals surface area contributed by atoms with Gasteiger partial charge in [0.05, 0.1) is 11.5 Å². The van der Waals surface area contributed by atoms with E-state index in [9.17, 15) is 26.4 Å². The molecule has 0 spiro atoms. The summed E-state index contributed by atoms with van der Waals surface area (Å²) in [5.41, 5.74) is -3.04. The van der Waals surface area contributed by atoms with Gasteiger partial charge in [-0.25, -0.2) is 13.2 Å². The summed E-state index contributed by atoms with van der Waals surface area (Å²) in [5.74, 6) is -2.93. The van der Waals surface area contributed by atoms with Crippen molar-refractivity contribution in [3.63, 3.8) is 0 Å². The molecule has 1 saturated heterocycles. The van der Waals surface area contributed by atoms with E-state index in [2.05, 4.69) is 0 Å². The second-order valence-electron chi connectivity index (χ2n) is 4.01. The van der Waals surface area contributed by atoms with E-state index >= 15 is 0 Å². The van der Waals surface area contributed by atoms with Gasteiger partial charge in [0.15, 0.2) is 9.84 Å². The number of halogens is 3. The summed E-state index contributed by atoms with van der Waals surface area (Å²) in [4.78, 5) is 11.5. The maximum absolute atomic E-state index is 12.8. The molecule has 0 amide bonds. The zero-order valence-electron chi connectivity index (χ0n) is 8.99. The zero-order valence-corrected chi connectivity index (χ0v) is 9.81. The number of nitrogens with zero attached hydrogens (tertiary/aromatic N) is 1. The lowest BCUT2D eigenvalue weighted by Gasteiger charge is -2.40. The van der Waals surface area contributed by atoms with Gasteiger partial charge in [0.25, 0.3) is 0 Å². The van der Waals surface area contributed by atoms with Crippen LogP contribution in [0.25, 0.3) is 0 Å². The number of hydrogen-bond donors (Lipinski definition) is 1. The third-order valence-corrected chi connectivity index (χ3v) is 4.55.